The third kappa shape index (κ3) is 2.78. The van der Waals surface area contributed by atoms with Crippen molar-refractivity contribution in [2.45, 2.75) is 0 Å². The lowest BCUT2D eigenvalue weighted by atomic mass is 11.1. The maximum atomic E-state index is 9.66. The molecule has 0 fully saturated rings. The van der Waals surface area contributed by atoms with Crippen molar-refractivity contribution in [3.63, 3.8) is 0 Å². The highest BCUT2D eigenvalue weighted by Crippen LogP contribution is 1.66. The molecule has 0 aromatic heterocycles. The quantitative estimate of drug-likeness (QED) is 0.276. The number of amides is 1. The van der Waals surface area contributed by atoms with E-state index < -0.39 is 6.09 Å². The predicted octanol–water partition coefficient (Wildman–Crippen LogP) is -0.418. The first kappa shape index (κ1) is 6.56. The third-order valence-electron chi connectivity index (χ3n) is 0.413. The monoisotopic (exact) mass is 115 g/mol. The zero-order chi connectivity index (χ0) is 6.57. The Kier molecular flexibility index (Phi) is 2.20. The largest absolute Gasteiger partial charge is 0.464 e. The molecule has 0 aromatic rings. The van der Waals surface area contributed by atoms with Crippen molar-refractivity contribution in [2.24, 2.45) is 0 Å². The predicted molar refractivity (Wildman–Crippen MR) is 24.5 cm³/mol. The first-order chi connectivity index (χ1) is 3.66. The second kappa shape index (κ2) is 2.69. The Balaban J connectivity index is 3.43. The summed E-state index contributed by atoms with van der Waals surface area (Å²) in [4.78, 5) is 9.66. The molecule has 0 radical (unpaired) electrons. The average Bonchev–Trinajstić information content (AvgIpc) is 1.65. The van der Waals surface area contributed by atoms with Crippen LogP contribution in [0.2, 0.25) is 0 Å². The van der Waals surface area contributed by atoms with Crippen molar-refractivity contribution in [1.82, 2.24) is 10.4 Å². The average molecular weight is 115 g/mol. The van der Waals surface area contributed by atoms with Gasteiger partial charge in [-0.3, -0.25) is 0 Å². The number of nitrogens with zero attached hydrogens (tertiary/aromatic N) is 2. The van der Waals surface area contributed by atoms with Crippen LogP contribution in [-0.4, -0.2) is 23.3 Å². The van der Waals surface area contributed by atoms with E-state index in [4.69, 9.17) is 10.4 Å². The molecule has 0 spiro atoms. The Morgan fingerprint density at radius 3 is 2.62 bits per heavy atom. The lowest BCUT2D eigenvalue weighted by Gasteiger charge is -2.04. The summed E-state index contributed by atoms with van der Waals surface area (Å²) in [7, 11) is 1.30. The van der Waals surface area contributed by atoms with Crippen molar-refractivity contribution in [1.29, 1.82) is 5.26 Å². The van der Waals surface area contributed by atoms with Crippen LogP contribution in [-0.2, 0) is 0 Å². The number of carboxylic acid groups (broad SMARTS) is 1. The fourth-order valence-electron chi connectivity index (χ4n) is 0.168. The summed E-state index contributed by atoms with van der Waals surface area (Å²) < 4.78 is 0. The molecule has 0 atom stereocenters. The van der Waals surface area contributed by atoms with E-state index in [2.05, 4.69) is 0 Å². The van der Waals surface area contributed by atoms with Gasteiger partial charge in [-0.25, -0.2) is 15.2 Å². The second-order valence-corrected chi connectivity index (χ2v) is 1.08. The summed E-state index contributed by atoms with van der Waals surface area (Å²) in [6.07, 6.45) is 0.296. The van der Waals surface area contributed by atoms with Gasteiger partial charge >= 0.3 is 6.09 Å². The minimum atomic E-state index is -1.24. The van der Waals surface area contributed by atoms with Crippen LogP contribution in [0.1, 0.15) is 0 Å². The standard InChI is InChI=1S/C3H5N3O2/c1-6(2-4)5-3(7)8/h5H,1H3,(H,7,8). The maximum Gasteiger partial charge on any atom is 0.424 e. The van der Waals surface area contributed by atoms with E-state index in [1.54, 1.807) is 5.43 Å². The first-order valence-corrected chi connectivity index (χ1v) is 1.80. The van der Waals surface area contributed by atoms with E-state index in [-0.39, 0.29) is 0 Å². The Morgan fingerprint density at radius 2 is 2.50 bits per heavy atom. The van der Waals surface area contributed by atoms with Crippen molar-refractivity contribution >= 4 is 6.09 Å². The van der Waals surface area contributed by atoms with Crippen LogP contribution in [0.3, 0.4) is 0 Å². The molecular formula is C3H5N3O2. The smallest absolute Gasteiger partial charge is 0.424 e. The number of carbonyl (C=O) groups is 1. The summed E-state index contributed by atoms with van der Waals surface area (Å²) in [6, 6.07) is 0. The van der Waals surface area contributed by atoms with Crippen molar-refractivity contribution in [2.75, 3.05) is 7.05 Å². The number of nitriles is 1. The highest BCUT2D eigenvalue weighted by Gasteiger charge is 1.94. The minimum Gasteiger partial charge on any atom is -0.464 e. The molecule has 0 rings (SSSR count). The maximum absolute atomic E-state index is 9.66. The first-order valence-electron chi connectivity index (χ1n) is 1.80. The summed E-state index contributed by atoms with van der Waals surface area (Å²) in [5.41, 5.74) is 1.78. The summed E-state index contributed by atoms with van der Waals surface area (Å²) in [5.74, 6) is 0. The van der Waals surface area contributed by atoms with Crippen LogP contribution in [0.25, 0.3) is 0 Å². The zero-order valence-corrected chi connectivity index (χ0v) is 4.25. The van der Waals surface area contributed by atoms with E-state index in [9.17, 15) is 4.79 Å². The SMILES string of the molecule is CN(C#N)NC(=O)O. The van der Waals surface area contributed by atoms with Crippen LogP contribution in [0.15, 0.2) is 0 Å². The van der Waals surface area contributed by atoms with E-state index >= 15 is 0 Å². The van der Waals surface area contributed by atoms with Gasteiger partial charge < -0.3 is 5.11 Å². The number of rotatable bonds is 1. The van der Waals surface area contributed by atoms with Crippen LogP contribution in [0.5, 0.6) is 0 Å². The Bertz CT molecular complexity index is 127. The summed E-state index contributed by atoms with van der Waals surface area (Å²) in [6.45, 7) is 0. The van der Waals surface area contributed by atoms with Gasteiger partial charge in [0.05, 0.1) is 0 Å². The van der Waals surface area contributed by atoms with E-state index in [1.165, 1.54) is 13.2 Å². The second-order valence-electron chi connectivity index (χ2n) is 1.08. The van der Waals surface area contributed by atoms with Gasteiger partial charge in [0.15, 0.2) is 6.19 Å². The van der Waals surface area contributed by atoms with Crippen LogP contribution in [0, 0.1) is 11.5 Å². The molecule has 0 aliphatic rings. The van der Waals surface area contributed by atoms with Crippen LogP contribution < -0.4 is 5.43 Å². The fourth-order valence-corrected chi connectivity index (χ4v) is 0.168. The summed E-state index contributed by atoms with van der Waals surface area (Å²) in [5, 5.41) is 16.6. The molecule has 0 aliphatic heterocycles. The van der Waals surface area contributed by atoms with Gasteiger partial charge in [0.25, 0.3) is 0 Å². The number of hydrogen-bond donors (Lipinski definition) is 2. The van der Waals surface area contributed by atoms with Crippen molar-refractivity contribution in [3.05, 3.63) is 0 Å². The molecule has 0 bridgehead atoms. The van der Waals surface area contributed by atoms with Crippen molar-refractivity contribution < 1.29 is 9.90 Å². The zero-order valence-electron chi connectivity index (χ0n) is 4.25. The molecule has 2 N–H and O–H groups in total. The molecule has 0 aliphatic carbocycles. The molecule has 0 aromatic carbocycles. The molecule has 1 amide bonds. The highest BCUT2D eigenvalue weighted by molar-refractivity contribution is 5.63. The normalized spacial score (nSPS) is 7.00. The molecular weight excluding hydrogens is 110 g/mol. The third-order valence-corrected chi connectivity index (χ3v) is 0.413. The van der Waals surface area contributed by atoms with Gasteiger partial charge in [-0.1, -0.05) is 0 Å². The van der Waals surface area contributed by atoms with Gasteiger partial charge in [-0.2, -0.15) is 5.26 Å². The number of nitrogens with one attached hydrogen (secondary N) is 1. The number of hydrogen-bond acceptors (Lipinski definition) is 3. The topological polar surface area (TPSA) is 76.4 Å². The van der Waals surface area contributed by atoms with E-state index in [0.717, 1.165) is 5.01 Å². The van der Waals surface area contributed by atoms with Gasteiger partial charge in [0.2, 0.25) is 0 Å². The van der Waals surface area contributed by atoms with Gasteiger partial charge in [-0.15, -0.1) is 0 Å². The van der Waals surface area contributed by atoms with E-state index in [1.807, 2.05) is 0 Å². The molecule has 0 saturated carbocycles. The van der Waals surface area contributed by atoms with E-state index in [0.29, 0.717) is 0 Å². The lowest BCUT2D eigenvalue weighted by Crippen LogP contribution is -2.34. The van der Waals surface area contributed by atoms with Gasteiger partial charge in [0, 0.05) is 7.05 Å². The van der Waals surface area contributed by atoms with Crippen molar-refractivity contribution in [3.8, 4) is 6.19 Å². The number of hydrazine groups is 1. The molecule has 5 nitrogen and oxygen atoms in total. The molecule has 0 saturated heterocycles. The lowest BCUT2D eigenvalue weighted by molar-refractivity contribution is 0.173. The van der Waals surface area contributed by atoms with Crippen LogP contribution >= 0.6 is 0 Å². The molecule has 44 valence electrons. The van der Waals surface area contributed by atoms with Gasteiger partial charge in [-0.05, 0) is 0 Å². The molecule has 0 heterocycles. The fraction of sp³-hybridized carbons (Fsp3) is 0.333. The molecule has 0 unspecified atom stereocenters. The molecule has 8 heavy (non-hydrogen) atoms. The minimum absolute atomic E-state index is 0.780. The highest BCUT2D eigenvalue weighted by atomic mass is 16.4. The van der Waals surface area contributed by atoms with Gasteiger partial charge in [0.1, 0.15) is 0 Å². The Morgan fingerprint density at radius 1 is 2.00 bits per heavy atom. The molecule has 5 heteroatoms. The Labute approximate surface area is 46.1 Å². The summed E-state index contributed by atoms with van der Waals surface area (Å²) >= 11 is 0. The van der Waals surface area contributed by atoms with Crippen LogP contribution in [0.4, 0.5) is 4.79 Å². The Hall–Kier alpha value is -1.44.